The van der Waals surface area contributed by atoms with Gasteiger partial charge in [0, 0.05) is 23.8 Å². The minimum Gasteiger partial charge on any atom is -0.360 e. The first kappa shape index (κ1) is 11.7. The van der Waals surface area contributed by atoms with Crippen molar-refractivity contribution >= 4 is 26.9 Å². The van der Waals surface area contributed by atoms with E-state index < -0.39 is 10.0 Å². The van der Waals surface area contributed by atoms with E-state index in [0.29, 0.717) is 16.8 Å². The van der Waals surface area contributed by atoms with Gasteiger partial charge in [0.1, 0.15) is 16.3 Å². The summed E-state index contributed by atoms with van der Waals surface area (Å²) >= 11 is 0. The van der Waals surface area contributed by atoms with Gasteiger partial charge in [0.25, 0.3) is 10.0 Å². The summed E-state index contributed by atoms with van der Waals surface area (Å²) in [6.45, 7) is 1.68. The maximum atomic E-state index is 12.2. The van der Waals surface area contributed by atoms with Gasteiger partial charge in [0.05, 0.1) is 0 Å². The van der Waals surface area contributed by atoms with E-state index in [-0.39, 0.29) is 10.7 Å². The van der Waals surface area contributed by atoms with E-state index in [2.05, 4.69) is 19.8 Å². The van der Waals surface area contributed by atoms with Crippen molar-refractivity contribution in [3.05, 3.63) is 36.4 Å². The Morgan fingerprint density at radius 2 is 2.26 bits per heavy atom. The zero-order chi connectivity index (χ0) is 13.5. The molecule has 3 aromatic rings. The van der Waals surface area contributed by atoms with Gasteiger partial charge in [-0.05, 0) is 19.1 Å². The van der Waals surface area contributed by atoms with E-state index in [9.17, 15) is 8.42 Å². The zero-order valence-electron chi connectivity index (χ0n) is 9.91. The molecule has 0 aliphatic carbocycles. The van der Waals surface area contributed by atoms with Crippen LogP contribution < -0.4 is 4.72 Å². The van der Waals surface area contributed by atoms with Crippen LogP contribution in [0.3, 0.4) is 0 Å². The molecule has 0 unspecified atom stereocenters. The lowest BCUT2D eigenvalue weighted by atomic mass is 10.3. The van der Waals surface area contributed by atoms with Gasteiger partial charge in [-0.15, -0.1) is 0 Å². The molecule has 0 aliphatic rings. The van der Waals surface area contributed by atoms with Gasteiger partial charge in [-0.1, -0.05) is 5.16 Å². The largest absolute Gasteiger partial charge is 0.360 e. The molecule has 0 atom stereocenters. The third-order valence-corrected chi connectivity index (χ3v) is 3.96. The van der Waals surface area contributed by atoms with E-state index in [4.69, 9.17) is 4.52 Å². The van der Waals surface area contributed by atoms with Crippen molar-refractivity contribution in [3.8, 4) is 0 Å². The van der Waals surface area contributed by atoms with Gasteiger partial charge in [0.15, 0.2) is 5.82 Å². The van der Waals surface area contributed by atoms with Gasteiger partial charge in [0.2, 0.25) is 0 Å². The van der Waals surface area contributed by atoms with Crippen LogP contribution in [0.2, 0.25) is 0 Å². The highest BCUT2D eigenvalue weighted by atomic mass is 32.2. The van der Waals surface area contributed by atoms with Crippen LogP contribution >= 0.6 is 0 Å². The Morgan fingerprint density at radius 3 is 3.00 bits per heavy atom. The second-order valence-electron chi connectivity index (χ2n) is 3.98. The molecule has 0 fully saturated rings. The predicted molar refractivity (Wildman–Crippen MR) is 68.1 cm³/mol. The van der Waals surface area contributed by atoms with Crippen LogP contribution in [0.25, 0.3) is 11.0 Å². The fourth-order valence-corrected chi connectivity index (χ4v) is 2.91. The highest BCUT2D eigenvalue weighted by Gasteiger charge is 2.20. The first-order chi connectivity index (χ1) is 9.06. The number of aromatic amines is 1. The second kappa shape index (κ2) is 4.09. The van der Waals surface area contributed by atoms with Gasteiger partial charge in [-0.2, -0.15) is 0 Å². The number of hydrogen-bond donors (Lipinski definition) is 2. The molecule has 7 nitrogen and oxygen atoms in total. The highest BCUT2D eigenvalue weighted by Crippen LogP contribution is 2.23. The summed E-state index contributed by atoms with van der Waals surface area (Å²) in [5.41, 5.74) is 0.513. The first-order valence-electron chi connectivity index (χ1n) is 5.44. The summed E-state index contributed by atoms with van der Waals surface area (Å²) in [6, 6.07) is 4.86. The number of sulfonamides is 1. The van der Waals surface area contributed by atoms with Crippen molar-refractivity contribution in [1.82, 2.24) is 15.1 Å². The molecule has 98 valence electrons. The van der Waals surface area contributed by atoms with Crippen LogP contribution in [0.4, 0.5) is 5.82 Å². The van der Waals surface area contributed by atoms with Crippen molar-refractivity contribution < 1.29 is 12.9 Å². The molecule has 0 bridgehead atoms. The third kappa shape index (κ3) is 2.06. The van der Waals surface area contributed by atoms with E-state index in [1.165, 1.54) is 12.3 Å². The van der Waals surface area contributed by atoms with E-state index >= 15 is 0 Å². The molecule has 0 saturated heterocycles. The smallest absolute Gasteiger partial charge is 0.265 e. The molecule has 0 amide bonds. The quantitative estimate of drug-likeness (QED) is 0.758. The van der Waals surface area contributed by atoms with Crippen molar-refractivity contribution in [1.29, 1.82) is 0 Å². The van der Waals surface area contributed by atoms with Gasteiger partial charge >= 0.3 is 0 Å². The molecule has 0 saturated carbocycles. The summed E-state index contributed by atoms with van der Waals surface area (Å²) < 4.78 is 31.7. The Bertz CT molecular complexity index is 834. The number of anilines is 1. The minimum absolute atomic E-state index is 0.122. The molecule has 0 spiro atoms. The van der Waals surface area contributed by atoms with Gasteiger partial charge < -0.3 is 9.51 Å². The first-order valence-corrected chi connectivity index (χ1v) is 6.93. The normalized spacial score (nSPS) is 11.8. The molecular weight excluding hydrogens is 268 g/mol. The van der Waals surface area contributed by atoms with E-state index in [1.807, 2.05) is 0 Å². The maximum absolute atomic E-state index is 12.2. The standard InChI is InChI=1S/C11H10N4O3S/c1-7-5-10(14-18-7)15-19(16,17)9-6-13-11-8(9)3-2-4-12-11/h2-6H,1H3,(H,12,13)(H,14,15). The summed E-state index contributed by atoms with van der Waals surface area (Å²) in [5, 5.41) is 4.12. The number of hydrogen-bond acceptors (Lipinski definition) is 5. The zero-order valence-corrected chi connectivity index (χ0v) is 10.7. The Hall–Kier alpha value is -2.35. The topological polar surface area (TPSA) is 101 Å². The summed E-state index contributed by atoms with van der Waals surface area (Å²) in [4.78, 5) is 6.98. The van der Waals surface area contributed by atoms with E-state index in [1.54, 1.807) is 25.3 Å². The van der Waals surface area contributed by atoms with Crippen LogP contribution in [0.15, 0.2) is 40.0 Å². The molecule has 19 heavy (non-hydrogen) atoms. The monoisotopic (exact) mass is 278 g/mol. The summed E-state index contributed by atoms with van der Waals surface area (Å²) in [6.07, 6.45) is 2.98. The van der Waals surface area contributed by atoms with Crippen LogP contribution in [0.1, 0.15) is 5.76 Å². The fraction of sp³-hybridized carbons (Fsp3) is 0.0909. The Kier molecular flexibility index (Phi) is 2.53. The van der Waals surface area contributed by atoms with E-state index in [0.717, 1.165) is 0 Å². The molecular formula is C11H10N4O3S. The highest BCUT2D eigenvalue weighted by molar-refractivity contribution is 7.93. The molecule has 0 radical (unpaired) electrons. The number of aromatic nitrogens is 3. The number of pyridine rings is 1. The lowest BCUT2D eigenvalue weighted by Gasteiger charge is -2.02. The van der Waals surface area contributed by atoms with Crippen molar-refractivity contribution in [2.45, 2.75) is 11.8 Å². The van der Waals surface area contributed by atoms with Crippen molar-refractivity contribution in [3.63, 3.8) is 0 Å². The number of nitrogens with one attached hydrogen (secondary N) is 2. The lowest BCUT2D eigenvalue weighted by Crippen LogP contribution is -2.12. The molecule has 3 heterocycles. The molecule has 8 heteroatoms. The van der Waals surface area contributed by atoms with Gasteiger partial charge in [-0.3, -0.25) is 4.72 Å². The van der Waals surface area contributed by atoms with Gasteiger partial charge in [-0.25, -0.2) is 13.4 Å². The minimum atomic E-state index is -3.73. The molecule has 3 aromatic heterocycles. The van der Waals surface area contributed by atoms with Crippen molar-refractivity contribution in [2.24, 2.45) is 0 Å². The van der Waals surface area contributed by atoms with Crippen LogP contribution in [0, 0.1) is 6.92 Å². The Labute approximate surface area is 108 Å². The Balaban J connectivity index is 2.05. The average molecular weight is 278 g/mol. The lowest BCUT2D eigenvalue weighted by molar-refractivity contribution is 0.400. The molecule has 3 rings (SSSR count). The molecule has 2 N–H and O–H groups in total. The predicted octanol–water partition coefficient (Wildman–Crippen LogP) is 1.66. The second-order valence-corrected chi connectivity index (χ2v) is 5.63. The average Bonchev–Trinajstić information content (AvgIpc) is 2.95. The fourth-order valence-electron chi connectivity index (χ4n) is 1.76. The molecule has 0 aliphatic heterocycles. The third-order valence-electron chi connectivity index (χ3n) is 2.57. The van der Waals surface area contributed by atoms with Crippen LogP contribution in [0.5, 0.6) is 0 Å². The Morgan fingerprint density at radius 1 is 1.42 bits per heavy atom. The number of rotatable bonds is 3. The summed E-state index contributed by atoms with van der Waals surface area (Å²) in [5.74, 6) is 0.675. The molecule has 0 aromatic carbocycles. The van der Waals surface area contributed by atoms with Crippen molar-refractivity contribution in [2.75, 3.05) is 4.72 Å². The number of fused-ring (bicyclic) bond motifs is 1. The maximum Gasteiger partial charge on any atom is 0.265 e. The number of H-pyrrole nitrogens is 1. The SMILES string of the molecule is Cc1cc(NS(=O)(=O)c2c[nH]c3ncccc23)no1. The van der Waals surface area contributed by atoms with Crippen LogP contribution in [-0.4, -0.2) is 23.5 Å². The number of nitrogens with zero attached hydrogens (tertiary/aromatic N) is 2. The summed E-state index contributed by atoms with van der Waals surface area (Å²) in [7, 11) is -3.73. The van der Waals surface area contributed by atoms with Crippen LogP contribution in [-0.2, 0) is 10.0 Å². The number of aryl methyl sites for hydroxylation is 1.